The van der Waals surface area contributed by atoms with E-state index in [4.69, 9.17) is 4.42 Å². The normalized spacial score (nSPS) is 27.9. The van der Waals surface area contributed by atoms with Gasteiger partial charge in [-0.25, -0.2) is 0 Å². The average molecular weight is 288 g/mol. The first-order valence-corrected chi connectivity index (χ1v) is 7.23. The first kappa shape index (κ1) is 12.6. The highest BCUT2D eigenvalue weighted by Crippen LogP contribution is 2.30. The van der Waals surface area contributed by atoms with Gasteiger partial charge < -0.3 is 14.6 Å². The van der Waals surface area contributed by atoms with Crippen LogP contribution in [0.15, 0.2) is 22.6 Å². The lowest BCUT2D eigenvalue weighted by Gasteiger charge is -2.44. The van der Waals surface area contributed by atoms with Crippen LogP contribution in [0.1, 0.15) is 12.8 Å². The van der Waals surface area contributed by atoms with Crippen LogP contribution in [-0.2, 0) is 0 Å². The first-order chi connectivity index (χ1) is 10.2. The second kappa shape index (κ2) is 4.70. The largest absolute Gasteiger partial charge is 0.424 e. The molecule has 0 spiro atoms. The molecule has 7 nitrogen and oxygen atoms in total. The van der Waals surface area contributed by atoms with Gasteiger partial charge in [0.1, 0.15) is 5.52 Å². The van der Waals surface area contributed by atoms with Crippen molar-refractivity contribution in [3.63, 3.8) is 0 Å². The number of oxazole rings is 1. The van der Waals surface area contributed by atoms with E-state index in [2.05, 4.69) is 15.2 Å². The lowest BCUT2D eigenvalue weighted by molar-refractivity contribution is -0.384. The van der Waals surface area contributed by atoms with E-state index >= 15 is 0 Å². The summed E-state index contributed by atoms with van der Waals surface area (Å²) in [6.45, 7) is 3.38. The molecule has 3 fully saturated rings. The third-order valence-electron chi connectivity index (χ3n) is 4.55. The summed E-state index contributed by atoms with van der Waals surface area (Å²) in [5, 5.41) is 14.1. The number of hydrogen-bond acceptors (Lipinski definition) is 6. The third kappa shape index (κ3) is 2.23. The SMILES string of the molecule is O=[N+]([O-])c1ccc2oc(NC3CN4CCC3CC4)nc2c1. The van der Waals surface area contributed by atoms with Crippen LogP contribution in [0.5, 0.6) is 0 Å². The third-order valence-corrected chi connectivity index (χ3v) is 4.55. The van der Waals surface area contributed by atoms with Crippen LogP contribution in [0.2, 0.25) is 0 Å². The van der Waals surface area contributed by atoms with Crippen molar-refractivity contribution in [2.45, 2.75) is 18.9 Å². The van der Waals surface area contributed by atoms with Gasteiger partial charge in [-0.3, -0.25) is 10.1 Å². The Balaban J connectivity index is 1.58. The Morgan fingerprint density at radius 2 is 2.19 bits per heavy atom. The average Bonchev–Trinajstić information content (AvgIpc) is 2.89. The van der Waals surface area contributed by atoms with Crippen molar-refractivity contribution in [1.29, 1.82) is 0 Å². The smallest absolute Gasteiger partial charge is 0.295 e. The zero-order valence-electron chi connectivity index (χ0n) is 11.5. The number of nitrogens with one attached hydrogen (secondary N) is 1. The highest BCUT2D eigenvalue weighted by molar-refractivity contribution is 5.77. The molecule has 1 atom stereocenters. The molecular weight excluding hydrogens is 272 g/mol. The number of fused-ring (bicyclic) bond motifs is 4. The van der Waals surface area contributed by atoms with Gasteiger partial charge in [0.25, 0.3) is 11.7 Å². The summed E-state index contributed by atoms with van der Waals surface area (Å²) in [6, 6.07) is 5.30. The van der Waals surface area contributed by atoms with Gasteiger partial charge in [-0.1, -0.05) is 0 Å². The Labute approximate surface area is 121 Å². The first-order valence-electron chi connectivity index (χ1n) is 7.23. The van der Waals surface area contributed by atoms with E-state index in [1.807, 2.05) is 0 Å². The minimum absolute atomic E-state index is 0.0326. The zero-order valence-corrected chi connectivity index (χ0v) is 11.5. The quantitative estimate of drug-likeness (QED) is 0.688. The Hall–Kier alpha value is -2.15. The number of benzene rings is 1. The van der Waals surface area contributed by atoms with Gasteiger partial charge in [-0.2, -0.15) is 4.98 Å². The Morgan fingerprint density at radius 1 is 1.38 bits per heavy atom. The summed E-state index contributed by atoms with van der Waals surface area (Å²) in [5.74, 6) is 0.666. The van der Waals surface area contributed by atoms with E-state index in [0.29, 0.717) is 29.1 Å². The predicted molar refractivity (Wildman–Crippen MR) is 77.2 cm³/mol. The number of non-ortho nitro benzene ring substituents is 1. The molecule has 0 amide bonds. The van der Waals surface area contributed by atoms with Crippen LogP contribution in [0, 0.1) is 16.0 Å². The number of nitro benzene ring substituents is 1. The van der Waals surface area contributed by atoms with Crippen molar-refractivity contribution in [3.8, 4) is 0 Å². The zero-order chi connectivity index (χ0) is 14.4. The summed E-state index contributed by atoms with van der Waals surface area (Å²) in [7, 11) is 0. The Bertz CT molecular complexity index is 691. The standard InChI is InChI=1S/C14H16N4O3/c19-18(20)10-1-2-13-11(7-10)15-14(21-13)16-12-8-17-5-3-9(12)4-6-17/h1-2,7,9,12H,3-6,8H2,(H,15,16). The highest BCUT2D eigenvalue weighted by Gasteiger charge is 2.34. The fourth-order valence-corrected chi connectivity index (χ4v) is 3.38. The summed E-state index contributed by atoms with van der Waals surface area (Å²) in [5.41, 5.74) is 1.13. The number of hydrogen-bond donors (Lipinski definition) is 1. The van der Waals surface area contributed by atoms with Crippen LogP contribution in [0.4, 0.5) is 11.7 Å². The van der Waals surface area contributed by atoms with E-state index in [0.717, 1.165) is 6.54 Å². The maximum Gasteiger partial charge on any atom is 0.295 e. The number of rotatable bonds is 3. The van der Waals surface area contributed by atoms with Crippen LogP contribution < -0.4 is 5.32 Å². The van der Waals surface area contributed by atoms with Gasteiger partial charge in [0.15, 0.2) is 5.58 Å². The highest BCUT2D eigenvalue weighted by atomic mass is 16.6. The monoisotopic (exact) mass is 288 g/mol. The summed E-state index contributed by atoms with van der Waals surface area (Å²) in [4.78, 5) is 17.1. The molecule has 3 aliphatic rings. The van der Waals surface area contributed by atoms with Gasteiger partial charge in [0.2, 0.25) is 0 Å². The van der Waals surface area contributed by atoms with E-state index < -0.39 is 4.92 Å². The molecule has 1 aromatic heterocycles. The van der Waals surface area contributed by atoms with Crippen molar-refractivity contribution in [1.82, 2.24) is 9.88 Å². The predicted octanol–water partition coefficient (Wildman–Crippen LogP) is 2.24. The van der Waals surface area contributed by atoms with Gasteiger partial charge in [-0.15, -0.1) is 0 Å². The molecule has 2 bridgehead atoms. The molecule has 110 valence electrons. The lowest BCUT2D eigenvalue weighted by atomic mass is 9.84. The minimum atomic E-state index is -0.422. The van der Waals surface area contributed by atoms with Crippen molar-refractivity contribution in [2.75, 3.05) is 25.0 Å². The molecule has 1 aromatic carbocycles. The van der Waals surface area contributed by atoms with E-state index in [1.54, 1.807) is 6.07 Å². The number of nitro groups is 1. The maximum absolute atomic E-state index is 10.8. The number of piperidine rings is 3. The summed E-state index contributed by atoms with van der Waals surface area (Å²) < 4.78 is 5.65. The maximum atomic E-state index is 10.8. The van der Waals surface area contributed by atoms with Gasteiger partial charge >= 0.3 is 0 Å². The number of nitrogens with zero attached hydrogens (tertiary/aromatic N) is 3. The van der Waals surface area contributed by atoms with Crippen molar-refractivity contribution >= 4 is 22.8 Å². The summed E-state index contributed by atoms with van der Waals surface area (Å²) >= 11 is 0. The van der Waals surface area contributed by atoms with Crippen LogP contribution in [0.3, 0.4) is 0 Å². The summed E-state index contributed by atoms with van der Waals surface area (Å²) in [6.07, 6.45) is 2.42. The van der Waals surface area contributed by atoms with Gasteiger partial charge in [0.05, 0.1) is 4.92 Å². The fraction of sp³-hybridized carbons (Fsp3) is 0.500. The second-order valence-corrected chi connectivity index (χ2v) is 5.82. The molecule has 2 aromatic rings. The van der Waals surface area contributed by atoms with E-state index in [1.165, 1.54) is 38.1 Å². The van der Waals surface area contributed by atoms with E-state index in [-0.39, 0.29) is 5.69 Å². The molecule has 0 saturated carbocycles. The number of anilines is 1. The van der Waals surface area contributed by atoms with Crippen molar-refractivity contribution in [3.05, 3.63) is 28.3 Å². The van der Waals surface area contributed by atoms with Crippen LogP contribution >= 0.6 is 0 Å². The number of aromatic nitrogens is 1. The molecule has 3 saturated heterocycles. The molecule has 1 unspecified atom stereocenters. The minimum Gasteiger partial charge on any atom is -0.424 e. The van der Waals surface area contributed by atoms with Crippen LogP contribution in [-0.4, -0.2) is 40.5 Å². The van der Waals surface area contributed by atoms with Gasteiger partial charge in [-0.05, 0) is 37.9 Å². The molecule has 4 heterocycles. The molecular formula is C14H16N4O3. The molecule has 1 N–H and O–H groups in total. The molecule has 21 heavy (non-hydrogen) atoms. The van der Waals surface area contributed by atoms with Crippen molar-refractivity contribution < 1.29 is 9.34 Å². The van der Waals surface area contributed by atoms with E-state index in [9.17, 15) is 10.1 Å². The Kier molecular flexibility index (Phi) is 2.81. The van der Waals surface area contributed by atoms with Crippen molar-refractivity contribution in [2.24, 2.45) is 5.92 Å². The molecule has 0 aliphatic carbocycles. The molecule has 0 radical (unpaired) electrons. The molecule has 7 heteroatoms. The van der Waals surface area contributed by atoms with Gasteiger partial charge in [0, 0.05) is 24.7 Å². The van der Waals surface area contributed by atoms with Crippen LogP contribution in [0.25, 0.3) is 11.1 Å². The fourth-order valence-electron chi connectivity index (χ4n) is 3.38. The topological polar surface area (TPSA) is 84.4 Å². The Morgan fingerprint density at radius 3 is 2.86 bits per heavy atom. The molecule has 3 aliphatic heterocycles. The second-order valence-electron chi connectivity index (χ2n) is 5.82. The molecule has 5 rings (SSSR count). The lowest BCUT2D eigenvalue weighted by Crippen LogP contribution is -2.53.